The van der Waals surface area contributed by atoms with Gasteiger partial charge < -0.3 is 69.5 Å². The molecule has 82 heavy (non-hydrogen) atoms. The van der Waals surface area contributed by atoms with Crippen LogP contribution in [-0.4, -0.2) is 136 Å². The summed E-state index contributed by atoms with van der Waals surface area (Å²) in [6.45, 7) is 21.0. The first-order valence-corrected chi connectivity index (χ1v) is 28.8. The molecule has 0 fully saturated rings. The topological polar surface area (TPSA) is 371 Å². The summed E-state index contributed by atoms with van der Waals surface area (Å²) >= 11 is 0. The summed E-state index contributed by atoms with van der Waals surface area (Å²) in [5.41, 5.74) is 12.6. The molecule has 0 unspecified atom stereocenters. The molecule has 12 atom stereocenters. The average molecular weight is 1150 g/mol. The molecule has 2 aromatic carbocycles. The molecule has 0 saturated heterocycles. The van der Waals surface area contributed by atoms with Crippen LogP contribution in [0.5, 0.6) is 5.75 Å². The number of carboxylic acids is 1. The van der Waals surface area contributed by atoms with Gasteiger partial charge >= 0.3 is 5.97 Å². The van der Waals surface area contributed by atoms with E-state index in [1.165, 1.54) is 26.0 Å². The maximum atomic E-state index is 14.6. The maximum absolute atomic E-state index is 14.6. The number of rotatable bonds is 36. The fourth-order valence-corrected chi connectivity index (χ4v) is 8.76. The van der Waals surface area contributed by atoms with Gasteiger partial charge in [-0.25, -0.2) is 4.79 Å². The second kappa shape index (κ2) is 35.7. The van der Waals surface area contributed by atoms with E-state index in [1.54, 1.807) is 77.1 Å². The Labute approximate surface area is 483 Å². The number of hydrogen-bond acceptors (Lipinski definition) is 13. The van der Waals surface area contributed by atoms with Crippen LogP contribution < -0.4 is 59.3 Å². The van der Waals surface area contributed by atoms with Crippen molar-refractivity contribution in [3.63, 3.8) is 0 Å². The van der Waals surface area contributed by atoms with Crippen LogP contribution >= 0.6 is 0 Å². The van der Waals surface area contributed by atoms with Gasteiger partial charge in [-0.15, -0.1) is 0 Å². The Hall–Kier alpha value is -7.14. The normalized spacial score (nSPS) is 15.8. The molecule has 0 saturated carbocycles. The second-order valence-electron chi connectivity index (χ2n) is 22.7. The van der Waals surface area contributed by atoms with Gasteiger partial charge in [-0.1, -0.05) is 125 Å². The van der Waals surface area contributed by atoms with Crippen LogP contribution in [0.4, 0.5) is 0 Å². The van der Waals surface area contributed by atoms with E-state index in [4.69, 9.17) is 11.5 Å². The molecule has 0 aromatic heterocycles. The highest BCUT2D eigenvalue weighted by Gasteiger charge is 2.38. The van der Waals surface area contributed by atoms with Crippen LogP contribution in [0.1, 0.15) is 139 Å². The molecule has 458 valence electrons. The molecule has 0 radical (unpaired) electrons. The number of nitrogens with two attached hydrogens (primary N) is 2. The van der Waals surface area contributed by atoms with E-state index >= 15 is 0 Å². The van der Waals surface area contributed by atoms with Crippen LogP contribution in [0.3, 0.4) is 0 Å². The number of phenols is 1. The summed E-state index contributed by atoms with van der Waals surface area (Å²) in [5.74, 6) is -9.51. The van der Waals surface area contributed by atoms with Gasteiger partial charge in [0.15, 0.2) is 0 Å². The third-order valence-corrected chi connectivity index (χ3v) is 14.2. The number of aromatic hydroxyl groups is 1. The molecular formula is C59H95N11O12. The van der Waals surface area contributed by atoms with Gasteiger partial charge in [0.25, 0.3) is 0 Å². The lowest BCUT2D eigenvalue weighted by Crippen LogP contribution is -2.62. The molecule has 0 spiro atoms. The van der Waals surface area contributed by atoms with Gasteiger partial charge in [0.2, 0.25) is 53.2 Å². The van der Waals surface area contributed by atoms with Crippen molar-refractivity contribution in [1.29, 1.82) is 0 Å². The molecule has 0 heterocycles. The number of carbonyl (C=O) groups excluding carboxylic acids is 9. The summed E-state index contributed by atoms with van der Waals surface area (Å²) in [6.07, 6.45) is 2.14. The lowest BCUT2D eigenvalue weighted by Gasteiger charge is -2.31. The van der Waals surface area contributed by atoms with Gasteiger partial charge in [0.1, 0.15) is 60.1 Å². The van der Waals surface area contributed by atoms with Crippen molar-refractivity contribution in [2.24, 2.45) is 41.1 Å². The first-order valence-electron chi connectivity index (χ1n) is 28.8. The monoisotopic (exact) mass is 1150 g/mol. The summed E-state index contributed by atoms with van der Waals surface area (Å²) in [6, 6.07) is 2.86. The molecule has 15 N–H and O–H groups in total. The van der Waals surface area contributed by atoms with E-state index in [9.17, 15) is 58.2 Å². The van der Waals surface area contributed by atoms with Gasteiger partial charge in [-0.3, -0.25) is 43.2 Å². The standard InChI is InChI=1S/C59H95N11O12/c1-13-35(9)48(57(79)62-38(12)51(73)63-42(59(81)82)22-18-19-27-60)69-54(76)44(29-33(5)6)65-53(75)45(31-40-23-25-41(71)26-24-40)67-56(78)47(34(7)8)68-58(80)49(36(10)14-2)70-55(77)46(30-39-20-16-15-17-21-39)66-52(74)43(28-32(3)4)64-50(72)37(11)61/h15-17,20-21,23-26,32-38,42-49,71H,13-14,18-19,22,27-31,60-61H2,1-12H3,(H,62,79)(H,63,73)(H,64,72)(H,65,75)(H,66,74)(H,67,78)(H,68,80)(H,69,76)(H,70,77)(H,81,82)/t35-,36-,37-,38-,42-,43-,44-,45-,46-,47-,48-,49-/m0/s1. The maximum Gasteiger partial charge on any atom is 0.326 e. The van der Waals surface area contributed by atoms with E-state index < -0.39 is 137 Å². The summed E-state index contributed by atoms with van der Waals surface area (Å²) in [5, 5.41) is 44.2. The van der Waals surface area contributed by atoms with E-state index in [1.807, 2.05) is 34.6 Å². The molecule has 2 aromatic rings. The molecule has 9 amide bonds. The zero-order valence-electron chi connectivity index (χ0n) is 50.1. The minimum Gasteiger partial charge on any atom is -0.508 e. The van der Waals surface area contributed by atoms with Crippen molar-refractivity contribution < 1.29 is 58.2 Å². The Morgan fingerprint density at radius 3 is 1.29 bits per heavy atom. The minimum absolute atomic E-state index is 0.0197. The van der Waals surface area contributed by atoms with E-state index in [0.717, 1.165) is 0 Å². The van der Waals surface area contributed by atoms with Crippen LogP contribution in [0, 0.1) is 29.6 Å². The molecule has 2 rings (SSSR count). The van der Waals surface area contributed by atoms with Crippen molar-refractivity contribution in [3.05, 3.63) is 65.7 Å². The first kappa shape index (κ1) is 71.0. The van der Waals surface area contributed by atoms with Crippen molar-refractivity contribution in [1.82, 2.24) is 47.9 Å². The molecular weight excluding hydrogens is 1050 g/mol. The Morgan fingerprint density at radius 2 is 0.841 bits per heavy atom. The number of phenolic OH excluding ortho intramolecular Hbond substituents is 1. The number of benzene rings is 2. The SMILES string of the molecule is CC[C@H](C)[C@H](NC(=O)[C@H](CC(C)C)NC(=O)[C@H](Cc1ccc(O)cc1)NC(=O)[C@@H](NC(=O)[C@@H](NC(=O)[C@H](Cc1ccccc1)NC(=O)[C@H](CC(C)C)NC(=O)[C@H](C)N)[C@@H](C)CC)C(C)C)C(=O)N[C@@H](C)C(=O)N[C@@H](CCCCN)C(=O)O. The van der Waals surface area contributed by atoms with Crippen molar-refractivity contribution >= 4 is 59.1 Å². The van der Waals surface area contributed by atoms with Crippen molar-refractivity contribution in [2.45, 2.75) is 201 Å². The van der Waals surface area contributed by atoms with Crippen molar-refractivity contribution in [3.8, 4) is 5.75 Å². The Morgan fingerprint density at radius 1 is 0.451 bits per heavy atom. The highest BCUT2D eigenvalue weighted by molar-refractivity contribution is 5.98. The third-order valence-electron chi connectivity index (χ3n) is 14.2. The summed E-state index contributed by atoms with van der Waals surface area (Å²) in [4.78, 5) is 138. The third kappa shape index (κ3) is 24.5. The minimum atomic E-state index is -1.39. The number of hydrogen-bond donors (Lipinski definition) is 13. The second-order valence-corrected chi connectivity index (χ2v) is 22.7. The van der Waals surface area contributed by atoms with Crippen LogP contribution in [0.2, 0.25) is 0 Å². The van der Waals surface area contributed by atoms with Gasteiger partial charge in [-0.05, 0) is 105 Å². The predicted molar refractivity (Wildman–Crippen MR) is 312 cm³/mol. The molecule has 0 aliphatic carbocycles. The number of amides is 9. The fraction of sp³-hybridized carbons (Fsp3) is 0.627. The predicted octanol–water partition coefficient (Wildman–Crippen LogP) is 1.96. The molecule has 23 heteroatoms. The summed E-state index contributed by atoms with van der Waals surface area (Å²) in [7, 11) is 0. The largest absolute Gasteiger partial charge is 0.508 e. The zero-order valence-corrected chi connectivity index (χ0v) is 50.1. The quantitative estimate of drug-likeness (QED) is 0.0434. The first-order chi connectivity index (χ1) is 38.5. The summed E-state index contributed by atoms with van der Waals surface area (Å²) < 4.78 is 0. The molecule has 23 nitrogen and oxygen atoms in total. The number of carbonyl (C=O) groups is 10. The van der Waals surface area contributed by atoms with Crippen LogP contribution in [0.15, 0.2) is 54.6 Å². The lowest BCUT2D eigenvalue weighted by molar-refractivity contribution is -0.142. The lowest BCUT2D eigenvalue weighted by atomic mass is 9.95. The molecule has 0 aliphatic rings. The number of nitrogens with one attached hydrogen (secondary N) is 9. The highest BCUT2D eigenvalue weighted by Crippen LogP contribution is 2.17. The molecule has 0 bridgehead atoms. The smallest absolute Gasteiger partial charge is 0.326 e. The van der Waals surface area contributed by atoms with Gasteiger partial charge in [-0.2, -0.15) is 0 Å². The van der Waals surface area contributed by atoms with E-state index in [0.29, 0.717) is 43.4 Å². The average Bonchev–Trinajstić information content (AvgIpc) is 3.41. The van der Waals surface area contributed by atoms with E-state index in [-0.39, 0.29) is 49.7 Å². The fourth-order valence-electron chi connectivity index (χ4n) is 8.76. The molecule has 0 aliphatic heterocycles. The van der Waals surface area contributed by atoms with Crippen LogP contribution in [-0.2, 0) is 60.8 Å². The zero-order chi connectivity index (χ0) is 62.0. The number of carboxylic acid groups (broad SMARTS) is 1. The number of unbranched alkanes of at least 4 members (excludes halogenated alkanes) is 1. The Kier molecular flexibility index (Phi) is 30.9. The Balaban J connectivity index is 2.49. The number of aliphatic carboxylic acids is 1. The van der Waals surface area contributed by atoms with E-state index in [2.05, 4.69) is 47.9 Å². The Bertz CT molecular complexity index is 2410. The van der Waals surface area contributed by atoms with Gasteiger partial charge in [0, 0.05) is 12.8 Å². The van der Waals surface area contributed by atoms with Crippen LogP contribution in [0.25, 0.3) is 0 Å². The van der Waals surface area contributed by atoms with Gasteiger partial charge in [0.05, 0.1) is 6.04 Å². The highest BCUT2D eigenvalue weighted by atomic mass is 16.4. The van der Waals surface area contributed by atoms with Crippen molar-refractivity contribution in [2.75, 3.05) is 6.54 Å².